The van der Waals surface area contributed by atoms with Crippen molar-refractivity contribution in [2.75, 3.05) is 19.8 Å². The van der Waals surface area contributed by atoms with E-state index in [2.05, 4.69) is 5.43 Å². The number of nitrogens with two attached hydrogens (primary N) is 1. The molecule has 2 heterocycles. The second-order valence-electron chi connectivity index (χ2n) is 4.32. The third kappa shape index (κ3) is 3.52. The Balaban J connectivity index is 1.79. The molecule has 0 aliphatic carbocycles. The maximum absolute atomic E-state index is 11.5. The van der Waals surface area contributed by atoms with Crippen molar-refractivity contribution in [2.24, 2.45) is 11.8 Å². The molecule has 1 aromatic heterocycles. The fourth-order valence-corrected chi connectivity index (χ4v) is 2.78. The van der Waals surface area contributed by atoms with Crippen LogP contribution in [0, 0.1) is 5.92 Å². The average Bonchev–Trinajstić information content (AvgIpc) is 2.87. The minimum absolute atomic E-state index is 0.255. The van der Waals surface area contributed by atoms with Gasteiger partial charge in [0.15, 0.2) is 0 Å². The number of carbonyl (C=O) groups excluding carboxylic acids is 1. The first-order valence-electron chi connectivity index (χ1n) is 6.04. The topological polar surface area (TPSA) is 73.6 Å². The number of hydrazine groups is 1. The van der Waals surface area contributed by atoms with Gasteiger partial charge in [0.1, 0.15) is 0 Å². The maximum Gasteiger partial charge on any atom is 0.275 e. The van der Waals surface area contributed by atoms with E-state index in [1.165, 1.54) is 11.3 Å². The number of hydrogen-bond donors (Lipinski definition) is 2. The van der Waals surface area contributed by atoms with Gasteiger partial charge in [0, 0.05) is 18.8 Å². The van der Waals surface area contributed by atoms with E-state index >= 15 is 0 Å². The van der Waals surface area contributed by atoms with Gasteiger partial charge < -0.3 is 9.47 Å². The molecule has 1 amide bonds. The highest BCUT2D eigenvalue weighted by atomic mass is 32.1. The minimum atomic E-state index is -0.255. The normalized spacial score (nSPS) is 16.7. The molecule has 1 fully saturated rings. The van der Waals surface area contributed by atoms with Crippen LogP contribution in [0.25, 0.3) is 0 Å². The van der Waals surface area contributed by atoms with Crippen LogP contribution in [-0.2, 0) is 16.1 Å². The summed E-state index contributed by atoms with van der Waals surface area (Å²) in [7, 11) is 0. The molecule has 0 radical (unpaired) electrons. The molecule has 1 aliphatic rings. The van der Waals surface area contributed by atoms with E-state index in [9.17, 15) is 4.79 Å². The number of amides is 1. The molecule has 6 heteroatoms. The zero-order valence-electron chi connectivity index (χ0n) is 10.2. The number of rotatable bonds is 5. The van der Waals surface area contributed by atoms with Gasteiger partial charge in [-0.05, 0) is 30.2 Å². The van der Waals surface area contributed by atoms with Crippen LogP contribution in [0.4, 0.5) is 0 Å². The number of ether oxygens (including phenoxy) is 2. The first-order chi connectivity index (χ1) is 8.81. The van der Waals surface area contributed by atoms with Crippen LogP contribution in [0.5, 0.6) is 0 Å². The van der Waals surface area contributed by atoms with Crippen molar-refractivity contribution >= 4 is 17.2 Å². The van der Waals surface area contributed by atoms with Gasteiger partial charge in [-0.15, -0.1) is 11.3 Å². The van der Waals surface area contributed by atoms with E-state index in [1.807, 2.05) is 11.4 Å². The van der Waals surface area contributed by atoms with Crippen LogP contribution in [-0.4, -0.2) is 25.7 Å². The van der Waals surface area contributed by atoms with Gasteiger partial charge in [-0.25, -0.2) is 5.84 Å². The quantitative estimate of drug-likeness (QED) is 0.480. The summed E-state index contributed by atoms with van der Waals surface area (Å²) in [6.45, 7) is 2.84. The summed E-state index contributed by atoms with van der Waals surface area (Å²) in [5.74, 6) is 5.45. The summed E-state index contributed by atoms with van der Waals surface area (Å²) < 4.78 is 11.0. The highest BCUT2D eigenvalue weighted by Crippen LogP contribution is 2.19. The molecule has 2 rings (SSSR count). The highest BCUT2D eigenvalue weighted by molar-refractivity contribution is 7.12. The lowest BCUT2D eigenvalue weighted by molar-refractivity contribution is 0.0157. The third-order valence-corrected chi connectivity index (χ3v) is 3.99. The Kier molecular flexibility index (Phi) is 5.12. The second-order valence-corrected chi connectivity index (χ2v) is 5.24. The van der Waals surface area contributed by atoms with E-state index in [0.717, 1.165) is 38.2 Å². The SMILES string of the molecule is NNC(=O)c1sccc1COCC1CCOCC1. The van der Waals surface area contributed by atoms with Crippen molar-refractivity contribution in [1.29, 1.82) is 0 Å². The Bertz CT molecular complexity index is 388. The van der Waals surface area contributed by atoms with Gasteiger partial charge in [0.05, 0.1) is 18.1 Å². The largest absolute Gasteiger partial charge is 0.381 e. The van der Waals surface area contributed by atoms with Gasteiger partial charge in [-0.3, -0.25) is 10.2 Å². The van der Waals surface area contributed by atoms with Crippen LogP contribution < -0.4 is 11.3 Å². The molecule has 0 atom stereocenters. The molecule has 0 unspecified atom stereocenters. The molecule has 1 aromatic rings. The van der Waals surface area contributed by atoms with Gasteiger partial charge in [0.25, 0.3) is 5.91 Å². The Morgan fingerprint density at radius 3 is 3.06 bits per heavy atom. The molecular formula is C12H18N2O3S. The van der Waals surface area contributed by atoms with Gasteiger partial charge in [-0.1, -0.05) is 0 Å². The molecular weight excluding hydrogens is 252 g/mol. The summed E-state index contributed by atoms with van der Waals surface area (Å²) in [6, 6.07) is 1.90. The molecule has 100 valence electrons. The predicted molar refractivity (Wildman–Crippen MR) is 69.2 cm³/mol. The summed E-state index contributed by atoms with van der Waals surface area (Å²) in [5.41, 5.74) is 3.05. The Labute approximate surface area is 110 Å². The molecule has 0 saturated carbocycles. The molecule has 1 aliphatic heterocycles. The molecule has 5 nitrogen and oxygen atoms in total. The predicted octanol–water partition coefficient (Wildman–Crippen LogP) is 1.29. The summed E-state index contributed by atoms with van der Waals surface area (Å²) >= 11 is 1.38. The van der Waals surface area contributed by atoms with Crippen LogP contribution >= 0.6 is 11.3 Å². The number of hydrogen-bond acceptors (Lipinski definition) is 5. The molecule has 1 saturated heterocycles. The molecule has 3 N–H and O–H groups in total. The zero-order chi connectivity index (χ0) is 12.8. The third-order valence-electron chi connectivity index (χ3n) is 3.04. The average molecular weight is 270 g/mol. The van der Waals surface area contributed by atoms with Gasteiger partial charge >= 0.3 is 0 Å². The van der Waals surface area contributed by atoms with Crippen molar-refractivity contribution in [3.05, 3.63) is 21.9 Å². The van der Waals surface area contributed by atoms with Crippen LogP contribution in [0.3, 0.4) is 0 Å². The first-order valence-corrected chi connectivity index (χ1v) is 6.92. The Morgan fingerprint density at radius 1 is 1.56 bits per heavy atom. The Morgan fingerprint density at radius 2 is 2.33 bits per heavy atom. The molecule has 0 spiro atoms. The van der Waals surface area contributed by atoms with Crippen LogP contribution in [0.2, 0.25) is 0 Å². The van der Waals surface area contributed by atoms with Crippen molar-refractivity contribution in [3.63, 3.8) is 0 Å². The van der Waals surface area contributed by atoms with Crippen molar-refractivity contribution in [2.45, 2.75) is 19.4 Å². The van der Waals surface area contributed by atoms with E-state index in [1.54, 1.807) is 0 Å². The smallest absolute Gasteiger partial charge is 0.275 e. The number of nitrogen functional groups attached to an aromatic ring is 1. The Hall–Kier alpha value is -0.950. The fraction of sp³-hybridized carbons (Fsp3) is 0.583. The van der Waals surface area contributed by atoms with E-state index in [-0.39, 0.29) is 5.91 Å². The molecule has 0 bridgehead atoms. The fourth-order valence-electron chi connectivity index (χ4n) is 1.96. The van der Waals surface area contributed by atoms with Crippen LogP contribution in [0.1, 0.15) is 28.1 Å². The number of carbonyl (C=O) groups is 1. The molecule has 0 aromatic carbocycles. The van der Waals surface area contributed by atoms with Gasteiger partial charge in [-0.2, -0.15) is 0 Å². The van der Waals surface area contributed by atoms with Crippen LogP contribution in [0.15, 0.2) is 11.4 Å². The number of nitrogens with one attached hydrogen (secondary N) is 1. The minimum Gasteiger partial charge on any atom is -0.381 e. The lowest BCUT2D eigenvalue weighted by Crippen LogP contribution is -2.30. The second kappa shape index (κ2) is 6.84. The number of thiophene rings is 1. The van der Waals surface area contributed by atoms with Crippen molar-refractivity contribution < 1.29 is 14.3 Å². The van der Waals surface area contributed by atoms with E-state index in [4.69, 9.17) is 15.3 Å². The van der Waals surface area contributed by atoms with Crippen molar-refractivity contribution in [3.8, 4) is 0 Å². The highest BCUT2D eigenvalue weighted by Gasteiger charge is 2.15. The summed E-state index contributed by atoms with van der Waals surface area (Å²) in [4.78, 5) is 12.1. The van der Waals surface area contributed by atoms with Gasteiger partial charge in [0.2, 0.25) is 0 Å². The zero-order valence-corrected chi connectivity index (χ0v) is 11.0. The standard InChI is InChI=1S/C12H18N2O3S/c13-14-12(15)11-10(3-6-18-11)8-17-7-9-1-4-16-5-2-9/h3,6,9H,1-2,4-5,7-8,13H2,(H,14,15). The maximum atomic E-state index is 11.5. The first kappa shape index (κ1) is 13.5. The van der Waals surface area contributed by atoms with E-state index in [0.29, 0.717) is 17.4 Å². The van der Waals surface area contributed by atoms with Crippen molar-refractivity contribution in [1.82, 2.24) is 5.43 Å². The monoisotopic (exact) mass is 270 g/mol. The summed E-state index contributed by atoms with van der Waals surface area (Å²) in [5, 5.41) is 1.87. The lowest BCUT2D eigenvalue weighted by Gasteiger charge is -2.21. The summed E-state index contributed by atoms with van der Waals surface area (Å²) in [6.07, 6.45) is 2.11. The lowest BCUT2D eigenvalue weighted by atomic mass is 10.0. The molecule has 18 heavy (non-hydrogen) atoms. The van der Waals surface area contributed by atoms with E-state index < -0.39 is 0 Å².